The van der Waals surface area contributed by atoms with Crippen molar-refractivity contribution in [2.75, 3.05) is 30.8 Å². The summed E-state index contributed by atoms with van der Waals surface area (Å²) in [5, 5.41) is 0. The predicted octanol–water partition coefficient (Wildman–Crippen LogP) is 2.54. The third kappa shape index (κ3) is 3.39. The maximum atomic E-state index is 11.9. The molecular weight excluding hydrogens is 228 g/mol. The first-order chi connectivity index (χ1) is 8.47. The van der Waals surface area contributed by atoms with E-state index >= 15 is 0 Å². The standard InChI is InChI=1S/C14H22N2O2/c1-5-18-14(17)11-7-6-8-12(15)13(11)16(4)9-10(2)3/h6-8,10H,5,9,15H2,1-4H3. The van der Waals surface area contributed by atoms with Crippen molar-refractivity contribution in [2.24, 2.45) is 5.92 Å². The fraction of sp³-hybridized carbons (Fsp3) is 0.500. The van der Waals surface area contributed by atoms with E-state index in [1.54, 1.807) is 25.1 Å². The number of carbonyl (C=O) groups is 1. The lowest BCUT2D eigenvalue weighted by atomic mass is 10.1. The summed E-state index contributed by atoms with van der Waals surface area (Å²) in [6.07, 6.45) is 0. The van der Waals surface area contributed by atoms with Crippen LogP contribution in [0.3, 0.4) is 0 Å². The summed E-state index contributed by atoms with van der Waals surface area (Å²) in [7, 11) is 1.94. The van der Waals surface area contributed by atoms with Crippen LogP contribution < -0.4 is 10.6 Å². The summed E-state index contributed by atoms with van der Waals surface area (Å²) in [6.45, 7) is 7.24. The molecule has 0 aromatic heterocycles. The van der Waals surface area contributed by atoms with Crippen LogP contribution >= 0.6 is 0 Å². The van der Waals surface area contributed by atoms with Crippen LogP contribution in [0.1, 0.15) is 31.1 Å². The summed E-state index contributed by atoms with van der Waals surface area (Å²) in [6, 6.07) is 5.32. The molecule has 0 aliphatic carbocycles. The Morgan fingerprint density at radius 2 is 2.11 bits per heavy atom. The van der Waals surface area contributed by atoms with E-state index in [1.165, 1.54) is 0 Å². The monoisotopic (exact) mass is 250 g/mol. The Labute approximate surface area is 109 Å². The smallest absolute Gasteiger partial charge is 0.340 e. The molecule has 0 fully saturated rings. The van der Waals surface area contributed by atoms with Gasteiger partial charge < -0.3 is 15.4 Å². The quantitative estimate of drug-likeness (QED) is 0.644. The number of para-hydroxylation sites is 1. The van der Waals surface area contributed by atoms with Crippen LogP contribution in [-0.2, 0) is 4.74 Å². The molecule has 0 aliphatic heterocycles. The van der Waals surface area contributed by atoms with Gasteiger partial charge >= 0.3 is 5.97 Å². The maximum Gasteiger partial charge on any atom is 0.340 e. The van der Waals surface area contributed by atoms with E-state index in [-0.39, 0.29) is 5.97 Å². The second kappa shape index (κ2) is 6.28. The van der Waals surface area contributed by atoms with Crippen molar-refractivity contribution in [3.8, 4) is 0 Å². The topological polar surface area (TPSA) is 55.6 Å². The third-order valence-electron chi connectivity index (χ3n) is 2.58. The Hall–Kier alpha value is -1.71. The lowest BCUT2D eigenvalue weighted by molar-refractivity contribution is 0.0527. The lowest BCUT2D eigenvalue weighted by Gasteiger charge is -2.25. The molecule has 0 heterocycles. The molecule has 1 rings (SSSR count). The van der Waals surface area contributed by atoms with Crippen molar-refractivity contribution in [1.82, 2.24) is 0 Å². The van der Waals surface area contributed by atoms with Gasteiger partial charge in [0.2, 0.25) is 0 Å². The van der Waals surface area contributed by atoms with E-state index in [2.05, 4.69) is 13.8 Å². The first-order valence-corrected chi connectivity index (χ1v) is 6.24. The number of rotatable bonds is 5. The van der Waals surface area contributed by atoms with Crippen molar-refractivity contribution in [3.63, 3.8) is 0 Å². The summed E-state index contributed by atoms with van der Waals surface area (Å²) in [5.74, 6) is 0.167. The van der Waals surface area contributed by atoms with E-state index in [4.69, 9.17) is 10.5 Å². The molecule has 4 heteroatoms. The van der Waals surface area contributed by atoms with Gasteiger partial charge in [-0.2, -0.15) is 0 Å². The molecule has 1 aromatic rings. The highest BCUT2D eigenvalue weighted by molar-refractivity contribution is 5.99. The number of nitrogens with two attached hydrogens (primary N) is 1. The van der Waals surface area contributed by atoms with Gasteiger partial charge in [0, 0.05) is 13.6 Å². The zero-order valence-corrected chi connectivity index (χ0v) is 11.6. The second-order valence-corrected chi connectivity index (χ2v) is 4.74. The predicted molar refractivity (Wildman–Crippen MR) is 74.9 cm³/mol. The van der Waals surface area contributed by atoms with Crippen LogP contribution in [0.5, 0.6) is 0 Å². The van der Waals surface area contributed by atoms with Crippen LogP contribution in [0.25, 0.3) is 0 Å². The van der Waals surface area contributed by atoms with Gasteiger partial charge in [0.1, 0.15) is 0 Å². The highest BCUT2D eigenvalue weighted by atomic mass is 16.5. The number of hydrogen-bond donors (Lipinski definition) is 1. The lowest BCUT2D eigenvalue weighted by Crippen LogP contribution is -2.26. The Bertz CT molecular complexity index is 416. The van der Waals surface area contributed by atoms with Gasteiger partial charge in [-0.25, -0.2) is 4.79 Å². The largest absolute Gasteiger partial charge is 0.462 e. The van der Waals surface area contributed by atoms with E-state index in [1.807, 2.05) is 11.9 Å². The summed E-state index contributed by atoms with van der Waals surface area (Å²) >= 11 is 0. The summed E-state index contributed by atoms with van der Waals surface area (Å²) in [4.78, 5) is 13.9. The van der Waals surface area contributed by atoms with Crippen LogP contribution in [0.4, 0.5) is 11.4 Å². The van der Waals surface area contributed by atoms with Crippen molar-refractivity contribution in [2.45, 2.75) is 20.8 Å². The summed E-state index contributed by atoms with van der Waals surface area (Å²) < 4.78 is 5.06. The first kappa shape index (κ1) is 14.4. The van der Waals surface area contributed by atoms with Crippen LogP contribution in [0, 0.1) is 5.92 Å². The van der Waals surface area contributed by atoms with E-state index < -0.39 is 0 Å². The number of nitrogens with zero attached hydrogens (tertiary/aromatic N) is 1. The molecule has 2 N–H and O–H groups in total. The van der Waals surface area contributed by atoms with E-state index in [9.17, 15) is 4.79 Å². The Morgan fingerprint density at radius 1 is 1.44 bits per heavy atom. The molecule has 1 aromatic carbocycles. The van der Waals surface area contributed by atoms with Gasteiger partial charge in [-0.15, -0.1) is 0 Å². The van der Waals surface area contributed by atoms with Crippen molar-refractivity contribution in [3.05, 3.63) is 23.8 Å². The third-order valence-corrected chi connectivity index (χ3v) is 2.58. The SMILES string of the molecule is CCOC(=O)c1cccc(N)c1N(C)CC(C)C. The van der Waals surface area contributed by atoms with Gasteiger partial charge in [0.25, 0.3) is 0 Å². The molecule has 18 heavy (non-hydrogen) atoms. The van der Waals surface area contributed by atoms with Gasteiger partial charge in [0.15, 0.2) is 0 Å². The molecular formula is C14H22N2O2. The maximum absolute atomic E-state index is 11.9. The molecule has 0 amide bonds. The number of esters is 1. The highest BCUT2D eigenvalue weighted by Crippen LogP contribution is 2.28. The van der Waals surface area contributed by atoms with Gasteiger partial charge in [0.05, 0.1) is 23.5 Å². The molecule has 0 radical (unpaired) electrons. The van der Waals surface area contributed by atoms with Crippen molar-refractivity contribution in [1.29, 1.82) is 0 Å². The number of benzene rings is 1. The normalized spacial score (nSPS) is 10.5. The zero-order valence-electron chi connectivity index (χ0n) is 11.6. The number of hydrogen-bond acceptors (Lipinski definition) is 4. The minimum atomic E-state index is -0.324. The molecule has 100 valence electrons. The number of carbonyl (C=O) groups excluding carboxylic acids is 1. The zero-order chi connectivity index (χ0) is 13.7. The van der Waals surface area contributed by atoms with Crippen LogP contribution in [0.15, 0.2) is 18.2 Å². The number of nitrogen functional groups attached to an aromatic ring is 1. The van der Waals surface area contributed by atoms with E-state index in [0.29, 0.717) is 23.8 Å². The average molecular weight is 250 g/mol. The number of anilines is 2. The minimum Gasteiger partial charge on any atom is -0.462 e. The van der Waals surface area contributed by atoms with Crippen molar-refractivity contribution >= 4 is 17.3 Å². The summed E-state index contributed by atoms with van der Waals surface area (Å²) in [5.41, 5.74) is 7.87. The molecule has 0 spiro atoms. The Kier molecular flexibility index (Phi) is 5.01. The van der Waals surface area contributed by atoms with Crippen LogP contribution in [-0.4, -0.2) is 26.2 Å². The average Bonchev–Trinajstić information content (AvgIpc) is 2.27. The van der Waals surface area contributed by atoms with Crippen LogP contribution in [0.2, 0.25) is 0 Å². The minimum absolute atomic E-state index is 0.324. The van der Waals surface area contributed by atoms with Gasteiger partial charge in [-0.05, 0) is 25.0 Å². The van der Waals surface area contributed by atoms with Gasteiger partial charge in [-0.3, -0.25) is 0 Å². The van der Waals surface area contributed by atoms with Gasteiger partial charge in [-0.1, -0.05) is 19.9 Å². The van der Waals surface area contributed by atoms with Crippen molar-refractivity contribution < 1.29 is 9.53 Å². The molecule has 0 bridgehead atoms. The second-order valence-electron chi connectivity index (χ2n) is 4.74. The Balaban J connectivity index is 3.11. The highest BCUT2D eigenvalue weighted by Gasteiger charge is 2.18. The molecule has 0 atom stereocenters. The molecule has 0 unspecified atom stereocenters. The molecule has 4 nitrogen and oxygen atoms in total. The first-order valence-electron chi connectivity index (χ1n) is 6.24. The van der Waals surface area contributed by atoms with E-state index in [0.717, 1.165) is 12.2 Å². The molecule has 0 saturated heterocycles. The number of ether oxygens (including phenoxy) is 1. The fourth-order valence-corrected chi connectivity index (χ4v) is 2.00. The molecule has 0 aliphatic rings. The molecule has 0 saturated carbocycles. The fourth-order valence-electron chi connectivity index (χ4n) is 2.00. The Morgan fingerprint density at radius 3 is 2.67 bits per heavy atom.